The highest BCUT2D eigenvalue weighted by Crippen LogP contribution is 2.31. The third kappa shape index (κ3) is 7.49. The van der Waals surface area contributed by atoms with Gasteiger partial charge in [-0.15, -0.1) is 0 Å². The van der Waals surface area contributed by atoms with E-state index in [0.29, 0.717) is 10.8 Å². The molecule has 10 heteroatoms. The summed E-state index contributed by atoms with van der Waals surface area (Å²) in [5.41, 5.74) is 2.64. The van der Waals surface area contributed by atoms with Crippen LogP contribution in [0.4, 0.5) is 5.69 Å². The zero-order valence-electron chi connectivity index (χ0n) is 21.8. The molecule has 0 radical (unpaired) electrons. The van der Waals surface area contributed by atoms with Gasteiger partial charge in [-0.25, -0.2) is 8.42 Å². The van der Waals surface area contributed by atoms with E-state index in [9.17, 15) is 18.0 Å². The van der Waals surface area contributed by atoms with Crippen LogP contribution in [0.5, 0.6) is 5.75 Å². The molecule has 0 saturated carbocycles. The number of carbonyl (C=O) groups is 2. The monoisotopic (exact) mass is 557 g/mol. The van der Waals surface area contributed by atoms with Crippen molar-refractivity contribution >= 4 is 39.1 Å². The zero-order valence-corrected chi connectivity index (χ0v) is 23.4. The van der Waals surface area contributed by atoms with Crippen LogP contribution in [0.2, 0.25) is 5.02 Å². The van der Waals surface area contributed by atoms with Gasteiger partial charge in [-0.3, -0.25) is 13.9 Å². The Morgan fingerprint density at radius 2 is 1.66 bits per heavy atom. The SMILES string of the molecule is CNC(=O)[C@H](Cc1ccccc1)N(Cc1ccc(Cl)cc1)C(=O)CN(c1cc(C)ccc1OC)S(C)(=O)=O. The Labute approximate surface area is 229 Å². The first-order valence-corrected chi connectivity index (χ1v) is 14.2. The lowest BCUT2D eigenvalue weighted by atomic mass is 10.0. The number of methoxy groups -OCH3 is 1. The predicted molar refractivity (Wildman–Crippen MR) is 150 cm³/mol. The maximum Gasteiger partial charge on any atom is 0.244 e. The lowest BCUT2D eigenvalue weighted by Crippen LogP contribution is -2.52. The molecule has 0 unspecified atom stereocenters. The van der Waals surface area contributed by atoms with Crippen molar-refractivity contribution in [3.63, 3.8) is 0 Å². The summed E-state index contributed by atoms with van der Waals surface area (Å²) in [6, 6.07) is 20.5. The van der Waals surface area contributed by atoms with Crippen LogP contribution in [0.25, 0.3) is 0 Å². The lowest BCUT2D eigenvalue weighted by molar-refractivity contribution is -0.139. The van der Waals surface area contributed by atoms with Gasteiger partial charge >= 0.3 is 0 Å². The summed E-state index contributed by atoms with van der Waals surface area (Å²) >= 11 is 6.05. The molecule has 0 aromatic heterocycles. The number of rotatable bonds is 11. The maximum absolute atomic E-state index is 14.0. The molecule has 1 N–H and O–H groups in total. The third-order valence-electron chi connectivity index (χ3n) is 6.07. The van der Waals surface area contributed by atoms with Gasteiger partial charge in [-0.2, -0.15) is 0 Å². The summed E-state index contributed by atoms with van der Waals surface area (Å²) in [5.74, 6) is -0.598. The van der Waals surface area contributed by atoms with Gasteiger partial charge < -0.3 is 15.0 Å². The van der Waals surface area contributed by atoms with E-state index in [0.717, 1.165) is 27.3 Å². The van der Waals surface area contributed by atoms with Crippen molar-refractivity contribution in [1.82, 2.24) is 10.2 Å². The molecule has 8 nitrogen and oxygen atoms in total. The van der Waals surface area contributed by atoms with Crippen LogP contribution in [0, 0.1) is 6.92 Å². The van der Waals surface area contributed by atoms with Crippen molar-refractivity contribution in [3.05, 3.63) is 94.5 Å². The zero-order chi connectivity index (χ0) is 27.9. The number of benzene rings is 3. The molecule has 3 aromatic rings. The smallest absolute Gasteiger partial charge is 0.244 e. The second-order valence-corrected chi connectivity index (χ2v) is 11.3. The molecule has 1 atom stereocenters. The summed E-state index contributed by atoms with van der Waals surface area (Å²) in [6.07, 6.45) is 1.28. The van der Waals surface area contributed by atoms with Crippen molar-refractivity contribution < 1.29 is 22.7 Å². The standard InChI is InChI=1S/C28H32ClN3O5S/c1-20-10-15-26(37-3)24(16-20)32(38(4,35)36)19-27(33)31(18-22-11-13-23(29)14-12-22)25(28(34)30-2)17-21-8-6-5-7-9-21/h5-16,25H,17-19H2,1-4H3,(H,30,34)/t25-/m0/s1. The predicted octanol–water partition coefficient (Wildman–Crippen LogP) is 3.81. The number of hydrogen-bond acceptors (Lipinski definition) is 5. The van der Waals surface area contributed by atoms with Crippen LogP contribution in [-0.4, -0.2) is 58.1 Å². The van der Waals surface area contributed by atoms with Crippen LogP contribution in [0.1, 0.15) is 16.7 Å². The van der Waals surface area contributed by atoms with Gasteiger partial charge in [0.15, 0.2) is 0 Å². The normalized spacial score (nSPS) is 11.9. The van der Waals surface area contributed by atoms with Crippen LogP contribution in [-0.2, 0) is 32.6 Å². The fourth-order valence-electron chi connectivity index (χ4n) is 4.10. The molecule has 0 fully saturated rings. The van der Waals surface area contributed by atoms with E-state index in [2.05, 4.69) is 5.32 Å². The molecule has 0 spiro atoms. The molecule has 0 aliphatic carbocycles. The Morgan fingerprint density at radius 1 is 1.00 bits per heavy atom. The molecule has 3 aromatic carbocycles. The molecule has 0 aliphatic heterocycles. The number of anilines is 1. The summed E-state index contributed by atoms with van der Waals surface area (Å²) in [6.45, 7) is 1.37. The molecule has 0 aliphatic rings. The maximum atomic E-state index is 14.0. The van der Waals surface area contributed by atoms with E-state index in [1.54, 1.807) is 42.5 Å². The lowest BCUT2D eigenvalue weighted by Gasteiger charge is -2.33. The fourth-order valence-corrected chi connectivity index (χ4v) is 5.07. The molecule has 0 saturated heterocycles. The van der Waals surface area contributed by atoms with Gasteiger partial charge in [0.2, 0.25) is 21.8 Å². The highest BCUT2D eigenvalue weighted by atomic mass is 35.5. The van der Waals surface area contributed by atoms with Gasteiger partial charge in [0.1, 0.15) is 18.3 Å². The molecule has 202 valence electrons. The van der Waals surface area contributed by atoms with Crippen molar-refractivity contribution in [3.8, 4) is 5.75 Å². The number of nitrogens with zero attached hydrogens (tertiary/aromatic N) is 2. The first-order chi connectivity index (χ1) is 18.0. The van der Waals surface area contributed by atoms with Crippen molar-refractivity contribution in [2.75, 3.05) is 31.3 Å². The van der Waals surface area contributed by atoms with E-state index in [1.165, 1.54) is 19.1 Å². The molecule has 0 heterocycles. The van der Waals surface area contributed by atoms with Gasteiger partial charge in [-0.1, -0.05) is 60.1 Å². The molecule has 2 amide bonds. The largest absolute Gasteiger partial charge is 0.495 e. The van der Waals surface area contributed by atoms with Gasteiger partial charge in [0, 0.05) is 25.0 Å². The Hall–Kier alpha value is -3.56. The second kappa shape index (κ2) is 12.8. The van der Waals surface area contributed by atoms with Crippen molar-refractivity contribution in [1.29, 1.82) is 0 Å². The molecule has 0 bridgehead atoms. The van der Waals surface area contributed by atoms with E-state index >= 15 is 0 Å². The summed E-state index contributed by atoms with van der Waals surface area (Å²) in [7, 11) is -0.956. The van der Waals surface area contributed by atoms with Crippen molar-refractivity contribution in [2.24, 2.45) is 0 Å². The molecule has 3 rings (SSSR count). The van der Waals surface area contributed by atoms with Gasteiger partial charge in [0.05, 0.1) is 19.1 Å². The minimum Gasteiger partial charge on any atom is -0.495 e. The Bertz CT molecular complexity index is 1360. The van der Waals surface area contributed by atoms with Crippen LogP contribution >= 0.6 is 11.6 Å². The van der Waals surface area contributed by atoms with E-state index in [1.807, 2.05) is 37.3 Å². The van der Waals surface area contributed by atoms with Crippen LogP contribution in [0.3, 0.4) is 0 Å². The number of hydrogen-bond donors (Lipinski definition) is 1. The highest BCUT2D eigenvalue weighted by Gasteiger charge is 2.33. The number of carbonyl (C=O) groups excluding carboxylic acids is 2. The minimum atomic E-state index is -3.90. The van der Waals surface area contributed by atoms with Crippen LogP contribution in [0.15, 0.2) is 72.8 Å². The van der Waals surface area contributed by atoms with E-state index in [4.69, 9.17) is 16.3 Å². The molecular weight excluding hydrogens is 526 g/mol. The number of nitrogens with one attached hydrogen (secondary N) is 1. The average molecular weight is 558 g/mol. The second-order valence-electron chi connectivity index (χ2n) is 8.91. The highest BCUT2D eigenvalue weighted by molar-refractivity contribution is 7.92. The summed E-state index contributed by atoms with van der Waals surface area (Å²) < 4.78 is 32.3. The minimum absolute atomic E-state index is 0.0729. The summed E-state index contributed by atoms with van der Waals surface area (Å²) in [5, 5.41) is 3.19. The third-order valence-corrected chi connectivity index (χ3v) is 7.44. The van der Waals surface area contributed by atoms with Crippen molar-refractivity contribution in [2.45, 2.75) is 25.9 Å². The quantitative estimate of drug-likeness (QED) is 0.387. The Balaban J connectivity index is 2.06. The number of ether oxygens (including phenoxy) is 1. The van der Waals surface area contributed by atoms with Crippen LogP contribution < -0.4 is 14.4 Å². The number of likely N-dealkylation sites (N-methyl/N-ethyl adjacent to an activating group) is 1. The number of halogens is 1. The fraction of sp³-hybridized carbons (Fsp3) is 0.286. The molecular formula is C28H32ClN3O5S. The van der Waals surface area contributed by atoms with E-state index in [-0.39, 0.29) is 24.6 Å². The number of amides is 2. The van der Waals surface area contributed by atoms with Gasteiger partial charge in [-0.05, 0) is 47.9 Å². The Kier molecular flexibility index (Phi) is 9.77. The number of aryl methyl sites for hydroxylation is 1. The van der Waals surface area contributed by atoms with Gasteiger partial charge in [0.25, 0.3) is 0 Å². The summed E-state index contributed by atoms with van der Waals surface area (Å²) in [4.78, 5) is 28.5. The number of sulfonamides is 1. The molecule has 38 heavy (non-hydrogen) atoms. The Morgan fingerprint density at radius 3 is 2.24 bits per heavy atom. The van der Waals surface area contributed by atoms with E-state index < -0.39 is 28.5 Å². The topological polar surface area (TPSA) is 96.0 Å². The average Bonchev–Trinajstić information content (AvgIpc) is 2.89. The first-order valence-electron chi connectivity index (χ1n) is 11.9. The first kappa shape index (κ1) is 29.0.